The lowest BCUT2D eigenvalue weighted by molar-refractivity contribution is 0.0934. The average molecular weight is 371 g/mol. The molecule has 1 unspecified atom stereocenters. The highest BCUT2D eigenvalue weighted by molar-refractivity contribution is 5.96. The van der Waals surface area contributed by atoms with Crippen molar-refractivity contribution in [2.24, 2.45) is 0 Å². The zero-order valence-corrected chi connectivity index (χ0v) is 16.1. The molecule has 0 bridgehead atoms. The van der Waals surface area contributed by atoms with E-state index in [1.807, 2.05) is 32.0 Å². The van der Waals surface area contributed by atoms with Gasteiger partial charge < -0.3 is 24.3 Å². The van der Waals surface area contributed by atoms with E-state index < -0.39 is 0 Å². The van der Waals surface area contributed by atoms with Crippen LogP contribution >= 0.6 is 0 Å². The monoisotopic (exact) mass is 371 g/mol. The first kappa shape index (κ1) is 18.9. The zero-order valence-electron chi connectivity index (χ0n) is 16.1. The summed E-state index contributed by atoms with van der Waals surface area (Å²) in [6.45, 7) is 4.99. The van der Waals surface area contributed by atoms with Gasteiger partial charge in [-0.2, -0.15) is 0 Å². The van der Waals surface area contributed by atoms with Crippen LogP contribution < -0.4 is 24.3 Å². The molecule has 1 aliphatic rings. The van der Waals surface area contributed by atoms with Gasteiger partial charge in [-0.15, -0.1) is 0 Å². The number of amides is 1. The number of aryl methyl sites for hydroxylation is 1. The summed E-state index contributed by atoms with van der Waals surface area (Å²) < 4.78 is 21.8. The number of rotatable bonds is 6. The Bertz CT molecular complexity index is 834. The molecule has 0 spiro atoms. The maximum absolute atomic E-state index is 12.9. The van der Waals surface area contributed by atoms with Crippen LogP contribution in [0.2, 0.25) is 0 Å². The first-order valence-electron chi connectivity index (χ1n) is 9.00. The van der Waals surface area contributed by atoms with E-state index in [1.54, 1.807) is 26.4 Å². The van der Waals surface area contributed by atoms with Crippen LogP contribution in [0.3, 0.4) is 0 Å². The van der Waals surface area contributed by atoms with E-state index in [4.69, 9.17) is 18.9 Å². The molecule has 0 saturated heterocycles. The Hall–Kier alpha value is -2.89. The summed E-state index contributed by atoms with van der Waals surface area (Å²) in [6, 6.07) is 9.16. The second-order valence-corrected chi connectivity index (χ2v) is 6.36. The highest BCUT2D eigenvalue weighted by Gasteiger charge is 2.20. The maximum atomic E-state index is 12.9. The molecule has 1 heterocycles. The van der Waals surface area contributed by atoms with Crippen molar-refractivity contribution in [3.8, 4) is 23.0 Å². The summed E-state index contributed by atoms with van der Waals surface area (Å²) >= 11 is 0. The number of fused-ring (bicyclic) bond motifs is 1. The lowest BCUT2D eigenvalue weighted by Gasteiger charge is -2.23. The number of nitrogens with one attached hydrogen (secondary N) is 1. The van der Waals surface area contributed by atoms with Crippen molar-refractivity contribution in [3.05, 3.63) is 47.0 Å². The molecule has 1 aliphatic heterocycles. The van der Waals surface area contributed by atoms with Crippen molar-refractivity contribution < 1.29 is 23.7 Å². The lowest BCUT2D eigenvalue weighted by Crippen LogP contribution is -2.29. The number of hydrogen-bond acceptors (Lipinski definition) is 5. The fourth-order valence-electron chi connectivity index (χ4n) is 3.16. The molecular formula is C21H25NO5. The van der Waals surface area contributed by atoms with Gasteiger partial charge in [0.1, 0.15) is 13.2 Å². The molecular weight excluding hydrogens is 346 g/mol. The summed E-state index contributed by atoms with van der Waals surface area (Å²) in [5.74, 6) is 2.43. The summed E-state index contributed by atoms with van der Waals surface area (Å²) in [5.41, 5.74) is 2.36. The molecule has 0 fully saturated rings. The first-order chi connectivity index (χ1) is 13.1. The van der Waals surface area contributed by atoms with Crippen molar-refractivity contribution >= 4 is 5.91 Å². The standard InChI is InChI=1S/C21H25NO5/c1-5-16(14-6-7-17-20(11-14)27-9-8-26-17)22-21(23)15-12-19(25-4)18(24-3)10-13(15)2/h6-7,10-12,16H,5,8-9H2,1-4H3,(H,22,23). The van der Waals surface area contributed by atoms with Crippen molar-refractivity contribution in [3.63, 3.8) is 0 Å². The van der Waals surface area contributed by atoms with E-state index >= 15 is 0 Å². The third-order valence-corrected chi connectivity index (χ3v) is 4.66. The van der Waals surface area contributed by atoms with Crippen LogP contribution in [0.1, 0.15) is 40.9 Å². The number of carbonyl (C=O) groups excluding carboxylic acids is 1. The van der Waals surface area contributed by atoms with Crippen molar-refractivity contribution in [2.45, 2.75) is 26.3 Å². The van der Waals surface area contributed by atoms with Gasteiger partial charge in [0.05, 0.1) is 20.3 Å². The quantitative estimate of drug-likeness (QED) is 0.839. The summed E-state index contributed by atoms with van der Waals surface area (Å²) in [7, 11) is 3.13. The molecule has 0 saturated carbocycles. The molecule has 2 aromatic rings. The Balaban J connectivity index is 1.83. The molecule has 6 nitrogen and oxygen atoms in total. The molecule has 1 amide bonds. The zero-order chi connectivity index (χ0) is 19.4. The SMILES string of the molecule is CCC(NC(=O)c1cc(OC)c(OC)cc1C)c1ccc2c(c1)OCCO2. The van der Waals surface area contributed by atoms with E-state index in [2.05, 4.69) is 5.32 Å². The van der Waals surface area contributed by atoms with Gasteiger partial charge >= 0.3 is 0 Å². The molecule has 3 rings (SSSR count). The Morgan fingerprint density at radius 3 is 2.41 bits per heavy atom. The summed E-state index contributed by atoms with van der Waals surface area (Å²) in [5, 5.41) is 3.10. The average Bonchev–Trinajstić information content (AvgIpc) is 2.71. The number of hydrogen-bond donors (Lipinski definition) is 1. The molecule has 0 aliphatic carbocycles. The third-order valence-electron chi connectivity index (χ3n) is 4.66. The highest BCUT2D eigenvalue weighted by atomic mass is 16.6. The second kappa shape index (κ2) is 8.20. The van der Waals surface area contributed by atoms with Gasteiger partial charge in [0.2, 0.25) is 0 Å². The van der Waals surface area contributed by atoms with Gasteiger partial charge in [-0.25, -0.2) is 0 Å². The summed E-state index contributed by atoms with van der Waals surface area (Å²) in [6.07, 6.45) is 0.748. The molecule has 1 atom stereocenters. The number of methoxy groups -OCH3 is 2. The molecule has 0 radical (unpaired) electrons. The van der Waals surface area contributed by atoms with E-state index in [9.17, 15) is 4.79 Å². The number of ether oxygens (including phenoxy) is 4. The summed E-state index contributed by atoms with van der Waals surface area (Å²) in [4.78, 5) is 12.9. The van der Waals surface area contributed by atoms with E-state index in [1.165, 1.54) is 0 Å². The molecule has 27 heavy (non-hydrogen) atoms. The van der Waals surface area contributed by atoms with Crippen LogP contribution in [-0.2, 0) is 0 Å². The minimum absolute atomic E-state index is 0.138. The lowest BCUT2D eigenvalue weighted by atomic mass is 10.0. The third kappa shape index (κ3) is 3.94. The first-order valence-corrected chi connectivity index (χ1v) is 9.00. The van der Waals surface area contributed by atoms with Crippen LogP contribution in [0, 0.1) is 6.92 Å². The minimum atomic E-state index is -0.157. The van der Waals surface area contributed by atoms with Gasteiger partial charge in [-0.3, -0.25) is 4.79 Å². The van der Waals surface area contributed by atoms with E-state index in [0.717, 1.165) is 23.3 Å². The normalized spacial score (nSPS) is 13.6. The van der Waals surface area contributed by atoms with Crippen molar-refractivity contribution in [2.75, 3.05) is 27.4 Å². The smallest absolute Gasteiger partial charge is 0.252 e. The molecule has 0 aromatic heterocycles. The van der Waals surface area contributed by atoms with Crippen molar-refractivity contribution in [1.82, 2.24) is 5.32 Å². The molecule has 2 aromatic carbocycles. The fraction of sp³-hybridized carbons (Fsp3) is 0.381. The maximum Gasteiger partial charge on any atom is 0.252 e. The Kier molecular flexibility index (Phi) is 5.74. The van der Waals surface area contributed by atoms with Crippen LogP contribution in [0.25, 0.3) is 0 Å². The molecule has 1 N–H and O–H groups in total. The predicted octanol–water partition coefficient (Wildman–Crippen LogP) is 3.66. The van der Waals surface area contributed by atoms with Gasteiger partial charge in [-0.05, 0) is 48.7 Å². The fourth-order valence-corrected chi connectivity index (χ4v) is 3.16. The topological polar surface area (TPSA) is 66.0 Å². The largest absolute Gasteiger partial charge is 0.493 e. The van der Waals surface area contributed by atoms with Gasteiger partial charge in [-0.1, -0.05) is 13.0 Å². The molecule has 6 heteroatoms. The van der Waals surface area contributed by atoms with Gasteiger partial charge in [0.25, 0.3) is 5.91 Å². The van der Waals surface area contributed by atoms with Crippen LogP contribution in [0.15, 0.2) is 30.3 Å². The van der Waals surface area contributed by atoms with Crippen LogP contribution in [-0.4, -0.2) is 33.3 Å². The highest BCUT2D eigenvalue weighted by Crippen LogP contribution is 2.34. The van der Waals surface area contributed by atoms with E-state index in [0.29, 0.717) is 36.0 Å². The predicted molar refractivity (Wildman–Crippen MR) is 102 cm³/mol. The number of carbonyl (C=O) groups is 1. The Morgan fingerprint density at radius 1 is 1.07 bits per heavy atom. The van der Waals surface area contributed by atoms with Gasteiger partial charge in [0, 0.05) is 5.56 Å². The molecule has 144 valence electrons. The number of benzene rings is 2. The minimum Gasteiger partial charge on any atom is -0.493 e. The van der Waals surface area contributed by atoms with Gasteiger partial charge in [0.15, 0.2) is 23.0 Å². The second-order valence-electron chi connectivity index (χ2n) is 6.36. The van der Waals surface area contributed by atoms with Crippen LogP contribution in [0.5, 0.6) is 23.0 Å². The van der Waals surface area contributed by atoms with Crippen molar-refractivity contribution in [1.29, 1.82) is 0 Å². The van der Waals surface area contributed by atoms with E-state index in [-0.39, 0.29) is 11.9 Å². The van der Waals surface area contributed by atoms with Crippen LogP contribution in [0.4, 0.5) is 0 Å². The Labute approximate surface area is 159 Å². The Morgan fingerprint density at radius 2 is 1.74 bits per heavy atom.